The summed E-state index contributed by atoms with van der Waals surface area (Å²) in [6, 6.07) is 8.04. The first kappa shape index (κ1) is 23.3. The zero-order valence-corrected chi connectivity index (χ0v) is 19.4. The van der Waals surface area contributed by atoms with E-state index in [1.165, 1.54) is 32.4 Å². The molecule has 34 heavy (non-hydrogen) atoms. The molecule has 0 unspecified atom stereocenters. The van der Waals surface area contributed by atoms with E-state index < -0.39 is 5.60 Å². The van der Waals surface area contributed by atoms with Crippen molar-refractivity contribution in [3.63, 3.8) is 0 Å². The molecule has 0 aliphatic heterocycles. The minimum atomic E-state index is -1.39. The Bertz CT molecular complexity index is 1250. The molecule has 1 amide bonds. The summed E-state index contributed by atoms with van der Waals surface area (Å²) in [5.41, 5.74) is 3.05. The normalized spacial score (nSPS) is 20.6. The summed E-state index contributed by atoms with van der Waals surface area (Å²) in [6.45, 7) is 3.73. The van der Waals surface area contributed by atoms with Gasteiger partial charge in [-0.2, -0.15) is 0 Å². The van der Waals surface area contributed by atoms with Crippen molar-refractivity contribution in [1.82, 2.24) is 5.32 Å². The van der Waals surface area contributed by atoms with Gasteiger partial charge in [0.15, 0.2) is 5.60 Å². The lowest BCUT2D eigenvalue weighted by atomic mass is 9.91. The zero-order chi connectivity index (χ0) is 24.5. The highest BCUT2D eigenvalue weighted by Gasteiger charge is 2.36. The van der Waals surface area contributed by atoms with E-state index in [1.54, 1.807) is 43.5 Å². The molecule has 0 atom stereocenters. The van der Waals surface area contributed by atoms with Crippen LogP contribution in [0.15, 0.2) is 88.0 Å². The number of furan rings is 1. The topological polar surface area (TPSA) is 80.9 Å². The molecular weight excluding hydrogens is 437 g/mol. The van der Waals surface area contributed by atoms with Gasteiger partial charge in [0.05, 0.1) is 27.0 Å². The number of methoxy groups -OCH3 is 2. The van der Waals surface area contributed by atoms with Crippen molar-refractivity contribution >= 4 is 17.1 Å². The summed E-state index contributed by atoms with van der Waals surface area (Å²) < 4.78 is 30.2. The molecule has 0 saturated carbocycles. The van der Waals surface area contributed by atoms with Gasteiger partial charge in [0.2, 0.25) is 5.91 Å². The van der Waals surface area contributed by atoms with Gasteiger partial charge in [0.1, 0.15) is 23.1 Å². The van der Waals surface area contributed by atoms with Crippen LogP contribution in [-0.2, 0) is 20.8 Å². The van der Waals surface area contributed by atoms with E-state index in [4.69, 9.17) is 13.9 Å². The number of ether oxygens (including phenoxy) is 2. The fraction of sp³-hybridized carbons (Fsp3) is 0.222. The fourth-order valence-electron chi connectivity index (χ4n) is 4.18. The number of nitrogens with one attached hydrogen (secondary N) is 1. The fourth-order valence-corrected chi connectivity index (χ4v) is 4.18. The molecule has 0 radical (unpaired) electrons. The molecule has 6 nitrogen and oxygen atoms in total. The number of carbonyl (C=O) groups excluding carboxylic acids is 1. The van der Waals surface area contributed by atoms with Crippen molar-refractivity contribution in [1.29, 1.82) is 0 Å². The van der Waals surface area contributed by atoms with Crippen molar-refractivity contribution in [3.05, 3.63) is 106 Å². The number of benzene rings is 1. The van der Waals surface area contributed by atoms with Crippen LogP contribution >= 0.6 is 0 Å². The molecule has 0 fully saturated rings. The molecule has 2 aliphatic carbocycles. The van der Waals surface area contributed by atoms with Gasteiger partial charge in [-0.3, -0.25) is 4.79 Å². The number of fused-ring (bicyclic) bond motifs is 1. The molecular formula is C27H26FNO5. The van der Waals surface area contributed by atoms with Crippen molar-refractivity contribution in [2.45, 2.75) is 26.0 Å². The number of halogens is 1. The summed E-state index contributed by atoms with van der Waals surface area (Å²) in [7, 11) is 2.97. The summed E-state index contributed by atoms with van der Waals surface area (Å²) >= 11 is 0. The van der Waals surface area contributed by atoms with E-state index in [-0.39, 0.29) is 18.3 Å². The molecule has 2 N–H and O–H groups in total. The molecule has 0 saturated heterocycles. The van der Waals surface area contributed by atoms with E-state index in [2.05, 4.69) is 5.32 Å². The maximum atomic E-state index is 14.1. The number of rotatable bonds is 6. The van der Waals surface area contributed by atoms with E-state index in [9.17, 15) is 14.3 Å². The predicted octanol–water partition coefficient (Wildman–Crippen LogP) is 4.66. The van der Waals surface area contributed by atoms with E-state index >= 15 is 0 Å². The lowest BCUT2D eigenvalue weighted by molar-refractivity contribution is -0.116. The number of allylic oxidation sites excluding steroid dienone is 7. The SMILES string of the molecule is COC1=CC(=CC2=C(C)C(=CC(=O)NCc3ccco3)c3cc(F)ccc32)C=C(OC)C1(C)O. The molecule has 176 valence electrons. The Morgan fingerprint density at radius 2 is 1.88 bits per heavy atom. The van der Waals surface area contributed by atoms with E-state index in [0.717, 1.165) is 22.3 Å². The number of hydrogen-bond donors (Lipinski definition) is 2. The molecule has 1 aromatic heterocycles. The van der Waals surface area contributed by atoms with Gasteiger partial charge < -0.3 is 24.3 Å². The van der Waals surface area contributed by atoms with Gasteiger partial charge in [0, 0.05) is 6.08 Å². The molecule has 4 rings (SSSR count). The maximum absolute atomic E-state index is 14.1. The second kappa shape index (κ2) is 9.19. The van der Waals surface area contributed by atoms with E-state index in [0.29, 0.717) is 28.4 Å². The van der Waals surface area contributed by atoms with Crippen molar-refractivity contribution in [2.24, 2.45) is 0 Å². The second-order valence-electron chi connectivity index (χ2n) is 8.23. The number of amides is 1. The average molecular weight is 464 g/mol. The van der Waals surface area contributed by atoms with Crippen LogP contribution in [0.4, 0.5) is 4.39 Å². The van der Waals surface area contributed by atoms with Crippen LogP contribution in [0.1, 0.15) is 30.7 Å². The first-order chi connectivity index (χ1) is 16.2. The lowest BCUT2D eigenvalue weighted by Crippen LogP contribution is -2.33. The monoisotopic (exact) mass is 463 g/mol. The minimum absolute atomic E-state index is 0.250. The third-order valence-electron chi connectivity index (χ3n) is 5.97. The molecule has 2 aromatic rings. The second-order valence-corrected chi connectivity index (χ2v) is 8.23. The maximum Gasteiger partial charge on any atom is 0.244 e. The molecule has 2 aliphatic rings. The van der Waals surface area contributed by atoms with Gasteiger partial charge in [-0.15, -0.1) is 0 Å². The highest BCUT2D eigenvalue weighted by Crippen LogP contribution is 2.43. The molecule has 0 bridgehead atoms. The van der Waals surface area contributed by atoms with Crippen LogP contribution in [0, 0.1) is 5.82 Å². The Kier molecular flexibility index (Phi) is 6.30. The van der Waals surface area contributed by atoms with Gasteiger partial charge in [-0.25, -0.2) is 4.39 Å². The third-order valence-corrected chi connectivity index (χ3v) is 5.97. The highest BCUT2D eigenvalue weighted by molar-refractivity contribution is 6.08. The number of hydrogen-bond acceptors (Lipinski definition) is 5. The first-order valence-electron chi connectivity index (χ1n) is 10.7. The van der Waals surface area contributed by atoms with Gasteiger partial charge in [0.25, 0.3) is 0 Å². The number of carbonyl (C=O) groups is 1. The Hall–Kier alpha value is -3.84. The van der Waals surface area contributed by atoms with E-state index in [1.807, 2.05) is 13.0 Å². The van der Waals surface area contributed by atoms with Gasteiger partial charge >= 0.3 is 0 Å². The van der Waals surface area contributed by atoms with Crippen LogP contribution < -0.4 is 5.32 Å². The van der Waals surface area contributed by atoms with Crippen LogP contribution in [-0.4, -0.2) is 30.8 Å². The molecule has 7 heteroatoms. The number of aliphatic hydroxyl groups is 1. The zero-order valence-electron chi connectivity index (χ0n) is 19.4. The van der Waals surface area contributed by atoms with Crippen molar-refractivity contribution in [3.8, 4) is 0 Å². The van der Waals surface area contributed by atoms with Gasteiger partial charge in [-0.05, 0) is 89.8 Å². The molecule has 1 aromatic carbocycles. The van der Waals surface area contributed by atoms with Crippen molar-refractivity contribution < 1.29 is 28.2 Å². The van der Waals surface area contributed by atoms with Crippen LogP contribution in [0.5, 0.6) is 0 Å². The first-order valence-corrected chi connectivity index (χ1v) is 10.7. The quantitative estimate of drug-likeness (QED) is 0.610. The summed E-state index contributed by atoms with van der Waals surface area (Å²) in [5, 5.41) is 13.5. The highest BCUT2D eigenvalue weighted by atomic mass is 19.1. The Morgan fingerprint density at radius 3 is 2.50 bits per heavy atom. The summed E-state index contributed by atoms with van der Waals surface area (Å²) in [4.78, 5) is 12.6. The van der Waals surface area contributed by atoms with Crippen LogP contribution in [0.3, 0.4) is 0 Å². The standard InChI is InChI=1S/C27H26FNO5/c1-16-21(10-17-11-24(32-3)27(2,31)25(12-17)33-4)20-8-7-18(28)13-23(20)22(16)14-26(30)29-15-19-6-5-9-34-19/h5-14,31H,15H2,1-4H3,(H,29,30). The Morgan fingerprint density at radius 1 is 1.18 bits per heavy atom. The minimum Gasteiger partial charge on any atom is -0.498 e. The Balaban J connectivity index is 1.74. The van der Waals surface area contributed by atoms with Crippen LogP contribution in [0.2, 0.25) is 0 Å². The smallest absolute Gasteiger partial charge is 0.244 e. The predicted molar refractivity (Wildman–Crippen MR) is 126 cm³/mol. The van der Waals surface area contributed by atoms with Gasteiger partial charge in [-0.1, -0.05) is 6.07 Å². The summed E-state index contributed by atoms with van der Waals surface area (Å²) in [6.07, 6.45) is 8.37. The third kappa shape index (κ3) is 4.34. The molecule has 0 spiro atoms. The largest absolute Gasteiger partial charge is 0.498 e. The van der Waals surface area contributed by atoms with Crippen LogP contribution in [0.25, 0.3) is 11.1 Å². The van der Waals surface area contributed by atoms with Crippen molar-refractivity contribution in [2.75, 3.05) is 14.2 Å². The summed E-state index contributed by atoms with van der Waals surface area (Å²) in [5.74, 6) is 0.603. The lowest BCUT2D eigenvalue weighted by Gasteiger charge is -2.30. The Labute approximate surface area is 197 Å². The molecule has 1 heterocycles. The average Bonchev–Trinajstić information content (AvgIpc) is 3.41.